The van der Waals surface area contributed by atoms with Gasteiger partial charge in [-0.25, -0.2) is 4.39 Å². The van der Waals surface area contributed by atoms with Gasteiger partial charge in [0.2, 0.25) is 0 Å². The zero-order valence-electron chi connectivity index (χ0n) is 8.89. The van der Waals surface area contributed by atoms with E-state index in [2.05, 4.69) is 0 Å². The van der Waals surface area contributed by atoms with E-state index in [-0.39, 0.29) is 11.4 Å². The molecule has 2 rings (SSSR count). The van der Waals surface area contributed by atoms with Gasteiger partial charge in [0.25, 0.3) is 0 Å². The number of hydrogen-bond acceptors (Lipinski definition) is 1. The maximum Gasteiger partial charge on any atom is 0.304 e. The van der Waals surface area contributed by atoms with Crippen LogP contribution < -0.4 is 0 Å². The third-order valence-electron chi connectivity index (χ3n) is 3.18. The zero-order chi connectivity index (χ0) is 11.9. The molecule has 4 heteroatoms. The van der Waals surface area contributed by atoms with Crippen molar-refractivity contribution in [1.29, 1.82) is 0 Å². The Balaban J connectivity index is 2.48. The molecule has 0 unspecified atom stereocenters. The molecule has 86 valence electrons. The maximum absolute atomic E-state index is 13.4. The number of rotatable bonds is 3. The van der Waals surface area contributed by atoms with E-state index in [0.29, 0.717) is 5.56 Å². The van der Waals surface area contributed by atoms with Gasteiger partial charge in [-0.1, -0.05) is 17.7 Å². The first-order chi connectivity index (χ1) is 7.46. The number of benzene rings is 1. The average molecular weight is 243 g/mol. The van der Waals surface area contributed by atoms with Crippen molar-refractivity contribution in [2.75, 3.05) is 0 Å². The molecule has 0 radical (unpaired) electrons. The van der Waals surface area contributed by atoms with E-state index in [9.17, 15) is 9.18 Å². The summed E-state index contributed by atoms with van der Waals surface area (Å²) in [5.74, 6) is -1.34. The second kappa shape index (κ2) is 3.74. The summed E-state index contributed by atoms with van der Waals surface area (Å²) >= 11 is 5.94. The van der Waals surface area contributed by atoms with Crippen molar-refractivity contribution in [3.8, 4) is 0 Å². The second-order valence-corrected chi connectivity index (χ2v) is 4.78. The molecule has 0 amide bonds. The first kappa shape index (κ1) is 11.4. The van der Waals surface area contributed by atoms with E-state index >= 15 is 0 Å². The standard InChI is InChI=1S/C12H12ClFO2/c1-7-2-3-8(14)11(13)10(7)12(4-5-12)6-9(15)16/h2-3H,4-6H2,1H3,(H,15,16). The first-order valence-corrected chi connectivity index (χ1v) is 5.51. The van der Waals surface area contributed by atoms with Gasteiger partial charge in [0.05, 0.1) is 11.4 Å². The van der Waals surface area contributed by atoms with Crippen molar-refractivity contribution >= 4 is 17.6 Å². The van der Waals surface area contributed by atoms with Crippen LogP contribution in [0.5, 0.6) is 0 Å². The average Bonchev–Trinajstić information content (AvgIpc) is 2.92. The van der Waals surface area contributed by atoms with Gasteiger partial charge < -0.3 is 5.11 Å². The normalized spacial score (nSPS) is 17.2. The van der Waals surface area contributed by atoms with Gasteiger partial charge in [0, 0.05) is 5.41 Å². The molecule has 1 aromatic carbocycles. The predicted molar refractivity (Wildman–Crippen MR) is 59.3 cm³/mol. The predicted octanol–water partition coefficient (Wildman–Crippen LogP) is 3.29. The number of aliphatic carboxylic acids is 1. The molecule has 1 N–H and O–H groups in total. The van der Waals surface area contributed by atoms with Crippen molar-refractivity contribution in [2.45, 2.75) is 31.6 Å². The highest BCUT2D eigenvalue weighted by Crippen LogP contribution is 2.54. The van der Waals surface area contributed by atoms with Crippen LogP contribution in [0.3, 0.4) is 0 Å². The summed E-state index contributed by atoms with van der Waals surface area (Å²) in [5, 5.41) is 8.95. The van der Waals surface area contributed by atoms with Crippen LogP contribution >= 0.6 is 11.6 Å². The van der Waals surface area contributed by atoms with E-state index in [1.165, 1.54) is 6.07 Å². The van der Waals surface area contributed by atoms with Gasteiger partial charge in [0.15, 0.2) is 0 Å². The lowest BCUT2D eigenvalue weighted by Crippen LogP contribution is -2.15. The van der Waals surface area contributed by atoms with Crippen LogP contribution in [0, 0.1) is 12.7 Å². The molecule has 16 heavy (non-hydrogen) atoms. The van der Waals surface area contributed by atoms with Gasteiger partial charge in [-0.2, -0.15) is 0 Å². The van der Waals surface area contributed by atoms with E-state index < -0.39 is 17.2 Å². The summed E-state index contributed by atoms with van der Waals surface area (Å²) in [6, 6.07) is 2.97. The molecular weight excluding hydrogens is 231 g/mol. The topological polar surface area (TPSA) is 37.3 Å². The highest BCUT2D eigenvalue weighted by molar-refractivity contribution is 6.31. The molecular formula is C12H12ClFO2. The van der Waals surface area contributed by atoms with Crippen molar-refractivity contribution in [1.82, 2.24) is 0 Å². The fourth-order valence-corrected chi connectivity index (χ4v) is 2.67. The Labute approximate surface area is 98.0 Å². The van der Waals surface area contributed by atoms with Crippen molar-refractivity contribution in [3.63, 3.8) is 0 Å². The largest absolute Gasteiger partial charge is 0.481 e. The third-order valence-corrected chi connectivity index (χ3v) is 3.55. The molecule has 1 aromatic rings. The van der Waals surface area contributed by atoms with Crippen LogP contribution in [0.1, 0.15) is 30.4 Å². The minimum Gasteiger partial charge on any atom is -0.481 e. The molecule has 0 saturated heterocycles. The van der Waals surface area contributed by atoms with Crippen molar-refractivity contribution in [3.05, 3.63) is 34.1 Å². The Kier molecular flexibility index (Phi) is 2.66. The Hall–Kier alpha value is -1.09. The lowest BCUT2D eigenvalue weighted by Gasteiger charge is -2.18. The van der Waals surface area contributed by atoms with Gasteiger partial charge in [-0.15, -0.1) is 0 Å². The molecule has 0 aromatic heterocycles. The molecule has 0 bridgehead atoms. The van der Waals surface area contributed by atoms with Gasteiger partial charge in [-0.05, 0) is 37.0 Å². The monoisotopic (exact) mass is 242 g/mol. The number of halogens is 2. The Bertz CT molecular complexity index is 453. The Morgan fingerprint density at radius 3 is 2.69 bits per heavy atom. The molecule has 0 heterocycles. The zero-order valence-corrected chi connectivity index (χ0v) is 9.64. The lowest BCUT2D eigenvalue weighted by molar-refractivity contribution is -0.137. The second-order valence-electron chi connectivity index (χ2n) is 4.40. The van der Waals surface area contributed by atoms with Crippen LogP contribution in [0.25, 0.3) is 0 Å². The van der Waals surface area contributed by atoms with Gasteiger partial charge in [0.1, 0.15) is 5.82 Å². The summed E-state index contributed by atoms with van der Waals surface area (Å²) in [6.45, 7) is 1.84. The summed E-state index contributed by atoms with van der Waals surface area (Å²) in [7, 11) is 0. The molecule has 0 atom stereocenters. The van der Waals surface area contributed by atoms with Crippen molar-refractivity contribution in [2.24, 2.45) is 0 Å². The van der Waals surface area contributed by atoms with Gasteiger partial charge in [-0.3, -0.25) is 4.79 Å². The minimum atomic E-state index is -0.864. The molecule has 1 fully saturated rings. The quantitative estimate of drug-likeness (QED) is 0.883. The summed E-state index contributed by atoms with van der Waals surface area (Å²) in [6.07, 6.45) is 1.56. The number of carboxylic acid groups (broad SMARTS) is 1. The molecule has 1 saturated carbocycles. The first-order valence-electron chi connectivity index (χ1n) is 5.13. The SMILES string of the molecule is Cc1ccc(F)c(Cl)c1C1(CC(=O)O)CC1. The van der Waals surface area contributed by atoms with E-state index in [0.717, 1.165) is 18.4 Å². The molecule has 2 nitrogen and oxygen atoms in total. The van der Waals surface area contributed by atoms with E-state index in [4.69, 9.17) is 16.7 Å². The Morgan fingerprint density at radius 2 is 2.19 bits per heavy atom. The fourth-order valence-electron chi connectivity index (χ4n) is 2.25. The van der Waals surface area contributed by atoms with Crippen molar-refractivity contribution < 1.29 is 14.3 Å². The smallest absolute Gasteiger partial charge is 0.304 e. The lowest BCUT2D eigenvalue weighted by atomic mass is 9.89. The highest BCUT2D eigenvalue weighted by Gasteiger charge is 2.48. The maximum atomic E-state index is 13.4. The van der Waals surface area contributed by atoms with E-state index in [1.54, 1.807) is 6.07 Å². The van der Waals surface area contributed by atoms with Crippen LogP contribution in [0.15, 0.2) is 12.1 Å². The minimum absolute atomic E-state index is 0.0248. The molecule has 0 spiro atoms. The number of carboxylic acids is 1. The highest BCUT2D eigenvalue weighted by atomic mass is 35.5. The molecule has 0 aliphatic heterocycles. The van der Waals surface area contributed by atoms with Gasteiger partial charge >= 0.3 is 5.97 Å². The Morgan fingerprint density at radius 1 is 1.56 bits per heavy atom. The third kappa shape index (κ3) is 1.80. The molecule has 1 aliphatic rings. The van der Waals surface area contributed by atoms with E-state index in [1.807, 2.05) is 6.92 Å². The number of hydrogen-bond donors (Lipinski definition) is 1. The van der Waals surface area contributed by atoms with Crippen LogP contribution in [0.2, 0.25) is 5.02 Å². The van der Waals surface area contributed by atoms with Crippen LogP contribution in [0.4, 0.5) is 4.39 Å². The molecule has 1 aliphatic carbocycles. The van der Waals surface area contributed by atoms with Crippen LogP contribution in [-0.4, -0.2) is 11.1 Å². The number of aryl methyl sites for hydroxylation is 1. The summed E-state index contributed by atoms with van der Waals surface area (Å²) in [5.41, 5.74) is 1.11. The summed E-state index contributed by atoms with van der Waals surface area (Å²) < 4.78 is 13.4. The van der Waals surface area contributed by atoms with Crippen LogP contribution in [-0.2, 0) is 10.2 Å². The number of carbonyl (C=O) groups is 1. The summed E-state index contributed by atoms with van der Waals surface area (Å²) in [4.78, 5) is 10.8. The fraction of sp³-hybridized carbons (Fsp3) is 0.417.